The highest BCUT2D eigenvalue weighted by Gasteiger charge is 2.98. The van der Waals surface area contributed by atoms with Crippen LogP contribution >= 0.6 is 0 Å². The summed E-state index contributed by atoms with van der Waals surface area (Å²) in [6.45, 7) is -0.744. The van der Waals surface area contributed by atoms with Gasteiger partial charge in [-0.05, 0) is 0 Å². The molecule has 9 saturated heterocycles. The lowest BCUT2D eigenvalue weighted by atomic mass is 9.70. The van der Waals surface area contributed by atoms with Crippen LogP contribution in [0, 0.1) is 5.41 Å². The zero-order chi connectivity index (χ0) is 13.2. The quantitative estimate of drug-likeness (QED) is 0.418. The first kappa shape index (κ1) is 11.3. The Morgan fingerprint density at radius 1 is 0.700 bits per heavy atom. The third-order valence-corrected chi connectivity index (χ3v) is 4.04. The molecule has 0 amide bonds. The predicted molar refractivity (Wildman–Crippen MR) is 46.9 cm³/mol. The molecular weight excluding hydrogens is 284 g/mol. The van der Waals surface area contributed by atoms with Crippen molar-refractivity contribution in [1.29, 1.82) is 0 Å². The normalized spacial score (nSPS) is 36.1. The van der Waals surface area contributed by atoms with Gasteiger partial charge in [0.15, 0.2) is 0 Å². The van der Waals surface area contributed by atoms with Gasteiger partial charge in [-0.2, -0.15) is 9.78 Å². The maximum atomic E-state index is 9.97. The summed E-state index contributed by atoms with van der Waals surface area (Å²) < 4.78 is 37.0. The Balaban J connectivity index is 1.53. The van der Waals surface area contributed by atoms with Crippen molar-refractivity contribution in [1.82, 2.24) is 0 Å². The second-order valence-electron chi connectivity index (χ2n) is 4.78. The largest absolute Gasteiger partial charge is 0.676 e. The van der Waals surface area contributed by atoms with Crippen LogP contribution in [-0.4, -0.2) is 51.6 Å². The van der Waals surface area contributed by atoms with Crippen LogP contribution in [0.25, 0.3) is 0 Å². The predicted octanol–water partition coefficient (Wildman–Crippen LogP) is -3.02. The monoisotopic (exact) mass is 288 g/mol. The molecule has 0 radical (unpaired) electrons. The maximum Gasteiger partial charge on any atom is 0.676 e. The van der Waals surface area contributed by atoms with E-state index < -0.39 is 51.9 Å². The van der Waals surface area contributed by atoms with Crippen molar-refractivity contribution in [3.05, 3.63) is 0 Å². The molecule has 0 unspecified atom stereocenters. The van der Waals surface area contributed by atoms with Crippen molar-refractivity contribution >= 4 is 22.0 Å². The third kappa shape index (κ3) is 0.841. The second kappa shape index (κ2) is 2.94. The van der Waals surface area contributed by atoms with Gasteiger partial charge in [-0.25, -0.2) is 9.61 Å². The fraction of sp³-hybridized carbons (Fsp3) is 1.00. The van der Waals surface area contributed by atoms with E-state index in [1.807, 2.05) is 0 Å². The summed E-state index contributed by atoms with van der Waals surface area (Å²) in [5.41, 5.74) is -1.89. The molecule has 0 saturated carbocycles. The van der Waals surface area contributed by atoms with E-state index in [1.165, 1.54) is 0 Å². The van der Waals surface area contributed by atoms with Crippen molar-refractivity contribution in [3.8, 4) is 0 Å². The fourth-order valence-electron chi connectivity index (χ4n) is 2.99. The molecule has 0 aliphatic carbocycles. The zero-order valence-corrected chi connectivity index (χ0v) is 9.38. The lowest BCUT2D eigenvalue weighted by molar-refractivity contribution is -0.628. The molecule has 9 rings (SSSR count). The summed E-state index contributed by atoms with van der Waals surface area (Å²) >= 11 is 0. The van der Waals surface area contributed by atoms with E-state index >= 15 is 0 Å². The van der Waals surface area contributed by atoms with Gasteiger partial charge in [0.25, 0.3) is 5.97 Å². The van der Waals surface area contributed by atoms with Crippen molar-refractivity contribution < 1.29 is 57.1 Å². The summed E-state index contributed by atoms with van der Waals surface area (Å²) in [6, 6.07) is 0. The molecule has 9 heterocycles. The SMILES string of the molecule is OCC(C12OOB(O1)O2)(C12OOB(O1)O2)C12OB(O1)O2. The Hall–Kier alpha value is -0.285. The molecule has 20 heavy (non-hydrogen) atoms. The van der Waals surface area contributed by atoms with E-state index in [1.54, 1.807) is 0 Å². The van der Waals surface area contributed by atoms with Gasteiger partial charge in [-0.1, -0.05) is 0 Å². The Bertz CT molecular complexity index is 445. The number of aliphatic hydroxyl groups excluding tert-OH is 1. The summed E-state index contributed by atoms with van der Waals surface area (Å²) in [6.07, 6.45) is 0. The first-order valence-electron chi connectivity index (χ1n) is 5.71. The lowest BCUT2D eigenvalue weighted by Gasteiger charge is -2.68. The van der Waals surface area contributed by atoms with E-state index in [4.69, 9.17) is 52.0 Å². The molecule has 15 heteroatoms. The fourth-order valence-corrected chi connectivity index (χ4v) is 2.99. The smallest absolute Gasteiger partial charge is 0.395 e. The van der Waals surface area contributed by atoms with Crippen LogP contribution in [0.5, 0.6) is 0 Å². The molecule has 12 nitrogen and oxygen atoms in total. The zero-order valence-electron chi connectivity index (χ0n) is 9.38. The molecule has 0 aromatic rings. The minimum atomic E-state index is -1.96. The number of rotatable bonds is 4. The van der Waals surface area contributed by atoms with Crippen LogP contribution in [-0.2, 0) is 52.0 Å². The third-order valence-electron chi connectivity index (χ3n) is 4.04. The van der Waals surface area contributed by atoms with Gasteiger partial charge in [0.2, 0.25) is 5.41 Å². The molecule has 9 aliphatic rings. The molecule has 104 valence electrons. The van der Waals surface area contributed by atoms with E-state index in [2.05, 4.69) is 0 Å². The van der Waals surface area contributed by atoms with Crippen molar-refractivity contribution in [3.63, 3.8) is 0 Å². The summed E-state index contributed by atoms with van der Waals surface area (Å²) in [7, 11) is -2.96. The Morgan fingerprint density at radius 3 is 1.40 bits per heavy atom. The molecule has 0 spiro atoms. The molecular formula is C5H3B3O12. The van der Waals surface area contributed by atoms with Crippen LogP contribution in [0.2, 0.25) is 0 Å². The maximum absolute atomic E-state index is 9.97. The van der Waals surface area contributed by atoms with E-state index in [0.29, 0.717) is 0 Å². The second-order valence-corrected chi connectivity index (χ2v) is 4.78. The van der Waals surface area contributed by atoms with Crippen molar-refractivity contribution in [2.75, 3.05) is 6.61 Å². The highest BCUT2D eigenvalue weighted by molar-refractivity contribution is 6.43. The van der Waals surface area contributed by atoms with Gasteiger partial charge in [0, 0.05) is 0 Å². The van der Waals surface area contributed by atoms with Crippen LogP contribution in [0.1, 0.15) is 0 Å². The lowest BCUT2D eigenvalue weighted by Crippen LogP contribution is -2.92. The highest BCUT2D eigenvalue weighted by atomic mass is 17.4. The van der Waals surface area contributed by atoms with Crippen molar-refractivity contribution in [2.45, 2.75) is 17.9 Å². The first-order chi connectivity index (χ1) is 9.67. The van der Waals surface area contributed by atoms with Crippen LogP contribution in [0.15, 0.2) is 0 Å². The molecule has 0 aromatic carbocycles. The summed E-state index contributed by atoms with van der Waals surface area (Å²) in [5.74, 6) is -5.73. The number of hydrogen-bond donors (Lipinski definition) is 1. The summed E-state index contributed by atoms with van der Waals surface area (Å²) in [5, 5.41) is 9.97. The van der Waals surface area contributed by atoms with Gasteiger partial charge < -0.3 is 37.7 Å². The van der Waals surface area contributed by atoms with E-state index in [9.17, 15) is 5.11 Å². The average molecular weight is 288 g/mol. The van der Waals surface area contributed by atoms with Gasteiger partial charge in [0.1, 0.15) is 0 Å². The molecule has 6 bridgehead atoms. The molecule has 0 atom stereocenters. The highest BCUT2D eigenvalue weighted by Crippen LogP contribution is 2.70. The standard InChI is InChI=1S/C5H3B3O12/c9-1-2(3-10-6(11-3)12-3,4-13-7(14-4)19-17-4)5-15-8(16-5)20-18-5/h9H,1H2. The van der Waals surface area contributed by atoms with Crippen LogP contribution < -0.4 is 0 Å². The summed E-state index contributed by atoms with van der Waals surface area (Å²) in [4.78, 5) is 19.4. The first-order valence-corrected chi connectivity index (χ1v) is 5.71. The van der Waals surface area contributed by atoms with Crippen LogP contribution in [0.3, 0.4) is 0 Å². The number of hydrogen-bond acceptors (Lipinski definition) is 12. The average Bonchev–Trinajstić information content (AvgIpc) is 2.94. The van der Waals surface area contributed by atoms with Crippen molar-refractivity contribution in [2.24, 2.45) is 5.41 Å². The number of fused-ring (bicyclic) bond motifs is 2. The van der Waals surface area contributed by atoms with Gasteiger partial charge in [-0.3, -0.25) is 0 Å². The molecule has 9 fully saturated rings. The number of aliphatic hydroxyl groups is 1. The topological polar surface area (TPSA) is 122 Å². The van der Waals surface area contributed by atoms with E-state index in [-0.39, 0.29) is 0 Å². The minimum Gasteiger partial charge on any atom is -0.395 e. The van der Waals surface area contributed by atoms with Gasteiger partial charge >= 0.3 is 33.9 Å². The Kier molecular flexibility index (Phi) is 1.66. The van der Waals surface area contributed by atoms with Gasteiger partial charge in [-0.15, -0.1) is 0 Å². The Morgan fingerprint density at radius 2 is 1.15 bits per heavy atom. The molecule has 1 N–H and O–H groups in total. The molecule has 9 aliphatic heterocycles. The minimum absolute atomic E-state index is 0.744. The van der Waals surface area contributed by atoms with E-state index in [0.717, 1.165) is 0 Å². The molecule has 0 aromatic heterocycles. The van der Waals surface area contributed by atoms with Gasteiger partial charge in [0.05, 0.1) is 6.61 Å². The van der Waals surface area contributed by atoms with Crippen LogP contribution in [0.4, 0.5) is 0 Å². The Labute approximate surface area is 110 Å².